The van der Waals surface area contributed by atoms with Crippen molar-refractivity contribution in [2.75, 3.05) is 11.9 Å². The van der Waals surface area contributed by atoms with E-state index in [-0.39, 0.29) is 22.7 Å². The van der Waals surface area contributed by atoms with Crippen molar-refractivity contribution in [1.29, 1.82) is 0 Å². The van der Waals surface area contributed by atoms with Gasteiger partial charge < -0.3 is 9.88 Å². The van der Waals surface area contributed by atoms with Crippen LogP contribution >= 0.6 is 15.9 Å². The Hall–Kier alpha value is -3.47. The van der Waals surface area contributed by atoms with Crippen molar-refractivity contribution in [1.82, 2.24) is 19.1 Å². The number of nitrogens with zero attached hydrogens (tertiary/aromatic N) is 4. The fourth-order valence-electron chi connectivity index (χ4n) is 3.15. The minimum Gasteiger partial charge on any atom is -0.345 e. The van der Waals surface area contributed by atoms with Gasteiger partial charge >= 0.3 is 6.18 Å². The van der Waals surface area contributed by atoms with Gasteiger partial charge in [-0.15, -0.1) is 0 Å². The lowest BCUT2D eigenvalue weighted by molar-refractivity contribution is -0.115. The van der Waals surface area contributed by atoms with E-state index in [4.69, 9.17) is 0 Å². The molecular weight excluding hydrogens is 491 g/mol. The fraction of sp³-hybridized carbons (Fsp3) is 0.143. The van der Waals surface area contributed by atoms with E-state index in [1.54, 1.807) is 37.4 Å². The minimum atomic E-state index is -4.45. The highest BCUT2D eigenvalue weighted by Crippen LogP contribution is 2.24. The summed E-state index contributed by atoms with van der Waals surface area (Å²) in [5.74, 6) is -0.255. The van der Waals surface area contributed by atoms with Crippen molar-refractivity contribution in [3.8, 4) is 16.8 Å². The van der Waals surface area contributed by atoms with Gasteiger partial charge in [0.1, 0.15) is 6.54 Å². The van der Waals surface area contributed by atoms with Crippen LogP contribution in [0.3, 0.4) is 0 Å². The van der Waals surface area contributed by atoms with Crippen LogP contribution in [0.1, 0.15) is 0 Å². The summed E-state index contributed by atoms with van der Waals surface area (Å²) in [5.41, 5.74) is 0.728. The van der Waals surface area contributed by atoms with E-state index < -0.39 is 18.3 Å². The molecule has 0 aliphatic heterocycles. The van der Waals surface area contributed by atoms with Gasteiger partial charge in [-0.1, -0.05) is 15.9 Å². The lowest BCUT2D eigenvalue weighted by atomic mass is 10.1. The van der Waals surface area contributed by atoms with E-state index in [1.807, 2.05) is 0 Å². The smallest absolute Gasteiger partial charge is 0.345 e. The Morgan fingerprint density at radius 3 is 2.47 bits per heavy atom. The molecule has 1 aromatic carbocycles. The molecule has 0 spiro atoms. The third kappa shape index (κ3) is 4.42. The lowest BCUT2D eigenvalue weighted by Gasteiger charge is -2.14. The molecule has 4 aromatic rings. The molecule has 1 N–H and O–H groups in total. The summed E-state index contributed by atoms with van der Waals surface area (Å²) in [4.78, 5) is 33.4. The molecule has 0 atom stereocenters. The Balaban J connectivity index is 1.97. The first kappa shape index (κ1) is 21.8. The van der Waals surface area contributed by atoms with E-state index >= 15 is 0 Å². The number of anilines is 1. The molecule has 0 saturated carbocycles. The fourth-order valence-corrected chi connectivity index (χ4v) is 3.42. The van der Waals surface area contributed by atoms with Crippen molar-refractivity contribution in [2.24, 2.45) is 7.05 Å². The zero-order chi connectivity index (χ0) is 23.0. The summed E-state index contributed by atoms with van der Waals surface area (Å²) < 4.78 is 41.2. The van der Waals surface area contributed by atoms with Crippen LogP contribution in [0, 0.1) is 0 Å². The molecule has 0 amide bonds. The Kier molecular flexibility index (Phi) is 5.59. The molecule has 164 valence electrons. The number of benzene rings is 1. The SMILES string of the molecule is Cn1cc(-c2cc3cnc(NCC(F)(F)F)nc3n(-c3ccc(Br)cc3)c2=O)ccc1=O. The van der Waals surface area contributed by atoms with E-state index in [0.717, 1.165) is 4.47 Å². The summed E-state index contributed by atoms with van der Waals surface area (Å²) in [6, 6.07) is 11.3. The monoisotopic (exact) mass is 505 g/mol. The number of rotatable bonds is 4. The Morgan fingerprint density at radius 1 is 1.09 bits per heavy atom. The van der Waals surface area contributed by atoms with Crippen LogP contribution in [0.5, 0.6) is 0 Å². The highest BCUT2D eigenvalue weighted by atomic mass is 79.9. The van der Waals surface area contributed by atoms with E-state index in [2.05, 4.69) is 31.2 Å². The normalized spacial score (nSPS) is 11.7. The number of alkyl halides is 3. The number of fused-ring (bicyclic) bond motifs is 1. The topological polar surface area (TPSA) is 81.8 Å². The van der Waals surface area contributed by atoms with Crippen LogP contribution in [-0.2, 0) is 7.05 Å². The van der Waals surface area contributed by atoms with E-state index in [0.29, 0.717) is 16.6 Å². The molecule has 7 nitrogen and oxygen atoms in total. The van der Waals surface area contributed by atoms with Gasteiger partial charge in [0.25, 0.3) is 5.56 Å². The third-order valence-electron chi connectivity index (χ3n) is 4.67. The van der Waals surface area contributed by atoms with Crippen LogP contribution in [0.4, 0.5) is 19.1 Å². The maximum absolute atomic E-state index is 13.5. The zero-order valence-corrected chi connectivity index (χ0v) is 18.1. The van der Waals surface area contributed by atoms with E-state index in [1.165, 1.54) is 33.7 Å². The zero-order valence-electron chi connectivity index (χ0n) is 16.5. The van der Waals surface area contributed by atoms with Crippen LogP contribution < -0.4 is 16.4 Å². The minimum absolute atomic E-state index is 0.144. The van der Waals surface area contributed by atoms with E-state index in [9.17, 15) is 22.8 Å². The Morgan fingerprint density at radius 2 is 1.81 bits per heavy atom. The largest absolute Gasteiger partial charge is 0.405 e. The summed E-state index contributed by atoms with van der Waals surface area (Å²) in [6.07, 6.45) is -1.56. The van der Waals surface area contributed by atoms with Crippen molar-refractivity contribution in [3.05, 3.63) is 80.0 Å². The standard InChI is InChI=1S/C21H15BrF3N5O2/c1-29-10-12(2-7-17(29)31)16-8-13-9-26-20(27-11-21(23,24)25)28-18(13)30(19(16)32)15-5-3-14(22)4-6-15/h2-10H,11H2,1H3,(H,26,27,28). The molecule has 4 rings (SSSR count). The van der Waals surface area contributed by atoms with Crippen LogP contribution in [0.25, 0.3) is 27.8 Å². The summed E-state index contributed by atoms with van der Waals surface area (Å²) >= 11 is 3.34. The average Bonchev–Trinajstić information content (AvgIpc) is 2.74. The van der Waals surface area contributed by atoms with Gasteiger partial charge in [-0.05, 0) is 36.4 Å². The molecule has 3 heterocycles. The summed E-state index contributed by atoms with van der Waals surface area (Å²) in [7, 11) is 1.57. The van der Waals surface area contributed by atoms with Gasteiger partial charge in [0.05, 0.1) is 5.69 Å². The predicted molar refractivity (Wildman–Crippen MR) is 118 cm³/mol. The van der Waals surface area contributed by atoms with Gasteiger partial charge in [-0.25, -0.2) is 4.98 Å². The number of hydrogen-bond donors (Lipinski definition) is 1. The molecular formula is C21H15BrF3N5O2. The van der Waals surface area contributed by atoms with Crippen molar-refractivity contribution >= 4 is 32.9 Å². The molecule has 0 aliphatic rings. The van der Waals surface area contributed by atoms with Gasteiger partial charge in [0.15, 0.2) is 5.65 Å². The quantitative estimate of drug-likeness (QED) is 0.455. The van der Waals surface area contributed by atoms with Crippen LogP contribution in [-0.4, -0.2) is 31.8 Å². The molecule has 0 unspecified atom stereocenters. The van der Waals surface area contributed by atoms with Gasteiger partial charge in [-0.3, -0.25) is 14.2 Å². The number of aryl methyl sites for hydroxylation is 1. The second-order valence-electron chi connectivity index (χ2n) is 6.98. The van der Waals surface area contributed by atoms with Gasteiger partial charge in [-0.2, -0.15) is 18.2 Å². The number of nitrogens with one attached hydrogen (secondary N) is 1. The Bertz CT molecular complexity index is 1430. The van der Waals surface area contributed by atoms with Crippen molar-refractivity contribution in [2.45, 2.75) is 6.18 Å². The molecule has 32 heavy (non-hydrogen) atoms. The molecule has 0 fully saturated rings. The molecule has 11 heteroatoms. The maximum atomic E-state index is 13.5. The average molecular weight is 506 g/mol. The molecule has 3 aromatic heterocycles. The van der Waals surface area contributed by atoms with Crippen molar-refractivity contribution in [3.63, 3.8) is 0 Å². The molecule has 0 saturated heterocycles. The first-order chi connectivity index (χ1) is 15.1. The van der Waals surface area contributed by atoms with Gasteiger partial charge in [0.2, 0.25) is 11.5 Å². The number of pyridine rings is 2. The number of hydrogen-bond acceptors (Lipinski definition) is 5. The number of aromatic nitrogens is 4. The lowest BCUT2D eigenvalue weighted by Crippen LogP contribution is -2.24. The second kappa shape index (κ2) is 8.23. The first-order valence-electron chi connectivity index (χ1n) is 9.29. The van der Waals surface area contributed by atoms with Crippen LogP contribution in [0.2, 0.25) is 0 Å². The molecule has 0 bridgehead atoms. The molecule has 0 radical (unpaired) electrons. The highest BCUT2D eigenvalue weighted by Gasteiger charge is 2.27. The first-order valence-corrected chi connectivity index (χ1v) is 10.1. The van der Waals surface area contributed by atoms with Crippen LogP contribution in [0.15, 0.2) is 68.9 Å². The third-order valence-corrected chi connectivity index (χ3v) is 5.20. The number of halogens is 4. The van der Waals surface area contributed by atoms with Gasteiger partial charge in [0, 0.05) is 46.5 Å². The summed E-state index contributed by atoms with van der Waals surface area (Å²) in [5, 5.41) is 2.57. The highest BCUT2D eigenvalue weighted by molar-refractivity contribution is 9.10. The second-order valence-corrected chi connectivity index (χ2v) is 7.90. The Labute approximate surface area is 187 Å². The summed E-state index contributed by atoms with van der Waals surface area (Å²) in [6.45, 7) is -1.31. The van der Waals surface area contributed by atoms with Crippen molar-refractivity contribution < 1.29 is 13.2 Å². The maximum Gasteiger partial charge on any atom is 0.405 e. The molecule has 0 aliphatic carbocycles. The predicted octanol–water partition coefficient (Wildman–Crippen LogP) is 3.88.